The van der Waals surface area contributed by atoms with Crippen molar-refractivity contribution >= 4 is 0 Å². The van der Waals surface area contributed by atoms with E-state index in [-0.39, 0.29) is 0 Å². The second-order valence-electron chi connectivity index (χ2n) is 5.33. The number of nitrogens with one attached hydrogen (secondary N) is 2. The Morgan fingerprint density at radius 1 is 1.20 bits per heavy atom. The summed E-state index contributed by atoms with van der Waals surface area (Å²) >= 11 is 0. The molecular formula is C12H22N2O. The summed E-state index contributed by atoms with van der Waals surface area (Å²) in [6.07, 6.45) is 5.84. The van der Waals surface area contributed by atoms with Crippen molar-refractivity contribution in [2.45, 2.75) is 37.8 Å². The van der Waals surface area contributed by atoms with Gasteiger partial charge in [-0.15, -0.1) is 0 Å². The molecule has 3 aliphatic rings. The van der Waals surface area contributed by atoms with Crippen LogP contribution >= 0.6 is 0 Å². The van der Waals surface area contributed by atoms with Gasteiger partial charge in [0.15, 0.2) is 0 Å². The Morgan fingerprint density at radius 2 is 1.93 bits per heavy atom. The Labute approximate surface area is 91.9 Å². The number of hydrogen-bond donors (Lipinski definition) is 2. The average molecular weight is 210 g/mol. The molecule has 0 bridgehead atoms. The van der Waals surface area contributed by atoms with Crippen molar-refractivity contribution in [1.29, 1.82) is 0 Å². The summed E-state index contributed by atoms with van der Waals surface area (Å²) in [7, 11) is 0. The number of ether oxygens (including phenoxy) is 1. The molecule has 2 aliphatic carbocycles. The van der Waals surface area contributed by atoms with Crippen LogP contribution in [0.15, 0.2) is 0 Å². The summed E-state index contributed by atoms with van der Waals surface area (Å²) in [5.74, 6) is 2.00. The first kappa shape index (κ1) is 10.1. The molecule has 1 aliphatic heterocycles. The minimum atomic E-state index is 0.541. The highest BCUT2D eigenvalue weighted by Gasteiger charge is 2.41. The maximum atomic E-state index is 5.46. The van der Waals surface area contributed by atoms with Gasteiger partial charge in [0.05, 0.1) is 13.2 Å². The Bertz CT molecular complexity index is 196. The summed E-state index contributed by atoms with van der Waals surface area (Å²) < 4.78 is 5.46. The van der Waals surface area contributed by atoms with E-state index in [2.05, 4.69) is 10.6 Å². The number of hydrogen-bond acceptors (Lipinski definition) is 3. The molecule has 0 radical (unpaired) electrons. The van der Waals surface area contributed by atoms with Gasteiger partial charge in [0.25, 0.3) is 0 Å². The van der Waals surface area contributed by atoms with E-state index in [0.29, 0.717) is 6.04 Å². The molecule has 15 heavy (non-hydrogen) atoms. The highest BCUT2D eigenvalue weighted by atomic mass is 16.5. The molecule has 1 saturated heterocycles. The molecule has 2 N–H and O–H groups in total. The maximum Gasteiger partial charge on any atom is 0.0632 e. The quantitative estimate of drug-likeness (QED) is 0.702. The minimum Gasteiger partial charge on any atom is -0.378 e. The normalized spacial score (nSPS) is 32.2. The van der Waals surface area contributed by atoms with Gasteiger partial charge in [-0.05, 0) is 37.5 Å². The zero-order valence-electron chi connectivity index (χ0n) is 9.37. The van der Waals surface area contributed by atoms with Crippen LogP contribution in [0.25, 0.3) is 0 Å². The lowest BCUT2D eigenvalue weighted by Crippen LogP contribution is -2.49. The van der Waals surface area contributed by atoms with Crippen molar-refractivity contribution in [3.63, 3.8) is 0 Å². The number of rotatable bonds is 5. The van der Waals surface area contributed by atoms with Crippen LogP contribution in [0, 0.1) is 11.8 Å². The molecule has 0 amide bonds. The van der Waals surface area contributed by atoms with E-state index in [0.717, 1.165) is 44.2 Å². The van der Waals surface area contributed by atoms with E-state index in [9.17, 15) is 0 Å². The van der Waals surface area contributed by atoms with Crippen LogP contribution in [0.3, 0.4) is 0 Å². The zero-order chi connectivity index (χ0) is 10.1. The molecule has 3 heteroatoms. The molecule has 1 atom stereocenters. The Hall–Kier alpha value is -0.120. The summed E-state index contributed by atoms with van der Waals surface area (Å²) in [5.41, 5.74) is 0. The molecule has 2 saturated carbocycles. The standard InChI is InChI=1S/C12H22N2O/c1-2-9(1)12(10-3-4-10)14-7-11-8-15-6-5-13-11/h9-14H,1-8H2. The van der Waals surface area contributed by atoms with Gasteiger partial charge in [0, 0.05) is 25.2 Å². The van der Waals surface area contributed by atoms with Crippen molar-refractivity contribution in [1.82, 2.24) is 10.6 Å². The van der Waals surface area contributed by atoms with Crippen LogP contribution in [0.1, 0.15) is 25.7 Å². The van der Waals surface area contributed by atoms with Gasteiger partial charge in [-0.2, -0.15) is 0 Å². The molecular weight excluding hydrogens is 188 g/mol. The fourth-order valence-corrected chi connectivity index (χ4v) is 2.66. The first-order chi connectivity index (χ1) is 7.43. The highest BCUT2D eigenvalue weighted by molar-refractivity contribution is 4.96. The van der Waals surface area contributed by atoms with Crippen molar-refractivity contribution in [3.05, 3.63) is 0 Å². The predicted octanol–water partition coefficient (Wildman–Crippen LogP) is 0.753. The Morgan fingerprint density at radius 3 is 2.47 bits per heavy atom. The molecule has 3 fully saturated rings. The fourth-order valence-electron chi connectivity index (χ4n) is 2.66. The van der Waals surface area contributed by atoms with Gasteiger partial charge < -0.3 is 15.4 Å². The number of morpholine rings is 1. The van der Waals surface area contributed by atoms with Crippen LogP contribution in [0.5, 0.6) is 0 Å². The van der Waals surface area contributed by atoms with Crippen molar-refractivity contribution < 1.29 is 4.74 Å². The molecule has 1 heterocycles. The van der Waals surface area contributed by atoms with E-state index < -0.39 is 0 Å². The van der Waals surface area contributed by atoms with E-state index >= 15 is 0 Å². The van der Waals surface area contributed by atoms with Gasteiger partial charge in [-0.3, -0.25) is 0 Å². The summed E-state index contributed by atoms with van der Waals surface area (Å²) in [6, 6.07) is 1.37. The molecule has 0 aromatic heterocycles. The van der Waals surface area contributed by atoms with Gasteiger partial charge in [0.2, 0.25) is 0 Å². The van der Waals surface area contributed by atoms with Crippen molar-refractivity contribution in [3.8, 4) is 0 Å². The Balaban J connectivity index is 1.42. The lowest BCUT2D eigenvalue weighted by atomic mass is 10.1. The first-order valence-corrected chi connectivity index (χ1v) is 6.48. The van der Waals surface area contributed by atoms with E-state index in [1.165, 1.54) is 25.7 Å². The van der Waals surface area contributed by atoms with Crippen LogP contribution in [-0.2, 0) is 4.74 Å². The van der Waals surface area contributed by atoms with E-state index in [1.54, 1.807) is 0 Å². The minimum absolute atomic E-state index is 0.541. The van der Waals surface area contributed by atoms with Crippen LogP contribution in [-0.4, -0.2) is 38.4 Å². The van der Waals surface area contributed by atoms with Crippen LogP contribution in [0.4, 0.5) is 0 Å². The van der Waals surface area contributed by atoms with Crippen molar-refractivity contribution in [2.75, 3.05) is 26.3 Å². The summed E-state index contributed by atoms with van der Waals surface area (Å²) in [4.78, 5) is 0. The van der Waals surface area contributed by atoms with Gasteiger partial charge in [-0.1, -0.05) is 0 Å². The lowest BCUT2D eigenvalue weighted by molar-refractivity contribution is 0.0752. The molecule has 3 nitrogen and oxygen atoms in total. The van der Waals surface area contributed by atoms with Gasteiger partial charge >= 0.3 is 0 Å². The molecule has 86 valence electrons. The topological polar surface area (TPSA) is 33.3 Å². The molecule has 1 unspecified atom stereocenters. The van der Waals surface area contributed by atoms with E-state index in [1.807, 2.05) is 0 Å². The van der Waals surface area contributed by atoms with Crippen molar-refractivity contribution in [2.24, 2.45) is 11.8 Å². The maximum absolute atomic E-state index is 5.46. The zero-order valence-corrected chi connectivity index (χ0v) is 9.37. The molecule has 3 rings (SSSR count). The molecule has 0 spiro atoms. The third-order valence-electron chi connectivity index (χ3n) is 3.86. The monoisotopic (exact) mass is 210 g/mol. The van der Waals surface area contributed by atoms with Gasteiger partial charge in [0.1, 0.15) is 0 Å². The third kappa shape index (κ3) is 2.71. The smallest absolute Gasteiger partial charge is 0.0632 e. The first-order valence-electron chi connectivity index (χ1n) is 6.48. The second kappa shape index (κ2) is 4.40. The predicted molar refractivity (Wildman–Crippen MR) is 59.8 cm³/mol. The third-order valence-corrected chi connectivity index (χ3v) is 3.86. The molecule has 0 aromatic rings. The fraction of sp³-hybridized carbons (Fsp3) is 1.00. The largest absolute Gasteiger partial charge is 0.378 e. The van der Waals surface area contributed by atoms with Crippen LogP contribution < -0.4 is 10.6 Å². The van der Waals surface area contributed by atoms with Gasteiger partial charge in [-0.25, -0.2) is 0 Å². The highest BCUT2D eigenvalue weighted by Crippen LogP contribution is 2.44. The average Bonchev–Trinajstić information content (AvgIpc) is 3.14. The Kier molecular flexibility index (Phi) is 2.95. The summed E-state index contributed by atoms with van der Waals surface area (Å²) in [5, 5.41) is 7.28. The van der Waals surface area contributed by atoms with E-state index in [4.69, 9.17) is 4.74 Å². The lowest BCUT2D eigenvalue weighted by Gasteiger charge is -2.27. The molecule has 0 aromatic carbocycles. The SMILES string of the molecule is C1COCC(CNC(C2CC2)C2CC2)N1. The van der Waals surface area contributed by atoms with Crippen LogP contribution in [0.2, 0.25) is 0 Å². The summed E-state index contributed by atoms with van der Waals surface area (Å²) in [6.45, 7) is 3.88. The second-order valence-corrected chi connectivity index (χ2v) is 5.33.